The van der Waals surface area contributed by atoms with E-state index in [1.54, 1.807) is 0 Å². The molecule has 0 spiro atoms. The molecule has 0 bridgehead atoms. The van der Waals surface area contributed by atoms with E-state index in [0.717, 1.165) is 12.0 Å². The van der Waals surface area contributed by atoms with Crippen LogP contribution in [0.1, 0.15) is 26.2 Å². The van der Waals surface area contributed by atoms with Crippen LogP contribution in [0.25, 0.3) is 0 Å². The van der Waals surface area contributed by atoms with Gasteiger partial charge < -0.3 is 4.90 Å². The van der Waals surface area contributed by atoms with Crippen molar-refractivity contribution >= 4 is 0 Å². The van der Waals surface area contributed by atoms with Crippen LogP contribution in [-0.4, -0.2) is 24.0 Å². The van der Waals surface area contributed by atoms with Crippen molar-refractivity contribution in [1.82, 2.24) is 4.90 Å². The van der Waals surface area contributed by atoms with Crippen LogP contribution in [0.3, 0.4) is 0 Å². The van der Waals surface area contributed by atoms with Crippen molar-refractivity contribution < 1.29 is 0 Å². The van der Waals surface area contributed by atoms with E-state index in [4.69, 9.17) is 0 Å². The average Bonchev–Trinajstić information content (AvgIpc) is 2.22. The summed E-state index contributed by atoms with van der Waals surface area (Å²) < 4.78 is 0. The molecular weight excluding hydrogens is 110 g/mol. The molecule has 0 aromatic heterocycles. The van der Waals surface area contributed by atoms with Crippen LogP contribution in [0, 0.1) is 5.92 Å². The summed E-state index contributed by atoms with van der Waals surface area (Å²) in [6, 6.07) is 0.986. The van der Waals surface area contributed by atoms with Gasteiger partial charge in [-0.25, -0.2) is 0 Å². The van der Waals surface area contributed by atoms with Crippen LogP contribution in [-0.2, 0) is 0 Å². The molecule has 0 aromatic carbocycles. The summed E-state index contributed by atoms with van der Waals surface area (Å²) in [7, 11) is 0. The van der Waals surface area contributed by atoms with Crippen LogP contribution >= 0.6 is 0 Å². The van der Waals surface area contributed by atoms with Crippen molar-refractivity contribution in [3.05, 3.63) is 0 Å². The van der Waals surface area contributed by atoms with Crippen LogP contribution in [0.15, 0.2) is 0 Å². The lowest BCUT2D eigenvalue weighted by molar-refractivity contribution is 0.319. The predicted molar refractivity (Wildman–Crippen MR) is 38.4 cm³/mol. The summed E-state index contributed by atoms with van der Waals surface area (Å²) in [6.45, 7) is 5.14. The Labute approximate surface area is 57.0 Å². The van der Waals surface area contributed by atoms with Gasteiger partial charge in [-0.15, -0.1) is 0 Å². The molecule has 0 N–H and O–H groups in total. The fourth-order valence-electron chi connectivity index (χ4n) is 2.34. The Morgan fingerprint density at radius 1 is 1.44 bits per heavy atom. The topological polar surface area (TPSA) is 3.24 Å². The molecule has 0 aliphatic carbocycles. The Balaban J connectivity index is 2.02. The van der Waals surface area contributed by atoms with Gasteiger partial charge in [-0.1, -0.05) is 6.92 Å². The van der Waals surface area contributed by atoms with Gasteiger partial charge in [0.15, 0.2) is 0 Å². The van der Waals surface area contributed by atoms with E-state index < -0.39 is 0 Å². The molecule has 2 saturated heterocycles. The standard InChI is InChI=1S/C8H15N/c1-7-5-8-3-2-4-9(8)6-7/h7-8H,2-6H2,1H3. The molecule has 2 aliphatic rings. The van der Waals surface area contributed by atoms with Crippen molar-refractivity contribution in [2.75, 3.05) is 13.1 Å². The van der Waals surface area contributed by atoms with Crippen LogP contribution in [0.5, 0.6) is 0 Å². The highest BCUT2D eigenvalue weighted by atomic mass is 15.2. The molecule has 2 fully saturated rings. The minimum Gasteiger partial charge on any atom is -0.300 e. The van der Waals surface area contributed by atoms with Crippen molar-refractivity contribution in [1.29, 1.82) is 0 Å². The third-order valence-corrected chi connectivity index (χ3v) is 2.72. The highest BCUT2D eigenvalue weighted by Gasteiger charge is 2.32. The van der Waals surface area contributed by atoms with Crippen LogP contribution in [0.2, 0.25) is 0 Å². The van der Waals surface area contributed by atoms with Crippen molar-refractivity contribution in [2.24, 2.45) is 5.92 Å². The molecule has 2 heterocycles. The number of rotatable bonds is 0. The Hall–Kier alpha value is -0.0400. The van der Waals surface area contributed by atoms with Gasteiger partial charge in [0.05, 0.1) is 0 Å². The summed E-state index contributed by atoms with van der Waals surface area (Å²) in [5.74, 6) is 0.982. The molecule has 9 heavy (non-hydrogen) atoms. The smallest absolute Gasteiger partial charge is 0.00988 e. The molecule has 2 unspecified atom stereocenters. The molecular formula is C8H15N. The summed E-state index contributed by atoms with van der Waals surface area (Å²) in [4.78, 5) is 2.66. The van der Waals surface area contributed by atoms with Crippen LogP contribution in [0.4, 0.5) is 0 Å². The zero-order valence-corrected chi connectivity index (χ0v) is 6.14. The van der Waals surface area contributed by atoms with Crippen molar-refractivity contribution in [2.45, 2.75) is 32.2 Å². The molecule has 2 atom stereocenters. The first-order chi connectivity index (χ1) is 4.36. The maximum Gasteiger partial charge on any atom is 0.00988 e. The third-order valence-electron chi connectivity index (χ3n) is 2.72. The summed E-state index contributed by atoms with van der Waals surface area (Å²) in [6.07, 6.45) is 4.40. The fraction of sp³-hybridized carbons (Fsp3) is 1.00. The van der Waals surface area contributed by atoms with E-state index in [2.05, 4.69) is 11.8 Å². The Morgan fingerprint density at radius 2 is 2.33 bits per heavy atom. The molecule has 1 heteroatoms. The predicted octanol–water partition coefficient (Wildman–Crippen LogP) is 1.49. The van der Waals surface area contributed by atoms with Gasteiger partial charge in [-0.3, -0.25) is 0 Å². The molecule has 0 amide bonds. The number of fused-ring (bicyclic) bond motifs is 1. The summed E-state index contributed by atoms with van der Waals surface area (Å²) >= 11 is 0. The maximum absolute atomic E-state index is 2.66. The lowest BCUT2D eigenvalue weighted by Crippen LogP contribution is -2.22. The second-order valence-corrected chi connectivity index (χ2v) is 3.63. The maximum atomic E-state index is 2.66. The normalized spacial score (nSPS) is 43.7. The summed E-state index contributed by atoms with van der Waals surface area (Å²) in [5, 5.41) is 0. The zero-order valence-electron chi connectivity index (χ0n) is 6.14. The number of hydrogen-bond acceptors (Lipinski definition) is 1. The van der Waals surface area contributed by atoms with E-state index in [1.165, 1.54) is 32.4 Å². The van der Waals surface area contributed by atoms with Gasteiger partial charge in [0.25, 0.3) is 0 Å². The second-order valence-electron chi connectivity index (χ2n) is 3.63. The Bertz CT molecular complexity index is 99.1. The van der Waals surface area contributed by atoms with Gasteiger partial charge in [-0.2, -0.15) is 0 Å². The van der Waals surface area contributed by atoms with E-state index in [0.29, 0.717) is 0 Å². The van der Waals surface area contributed by atoms with Gasteiger partial charge in [0.1, 0.15) is 0 Å². The Morgan fingerprint density at radius 3 is 3.11 bits per heavy atom. The van der Waals surface area contributed by atoms with Crippen molar-refractivity contribution in [3.8, 4) is 0 Å². The van der Waals surface area contributed by atoms with Gasteiger partial charge in [0.2, 0.25) is 0 Å². The first kappa shape index (κ1) is 5.72. The average molecular weight is 125 g/mol. The van der Waals surface area contributed by atoms with Gasteiger partial charge >= 0.3 is 0 Å². The van der Waals surface area contributed by atoms with Gasteiger partial charge in [0, 0.05) is 12.6 Å². The number of hydrogen-bond donors (Lipinski definition) is 0. The van der Waals surface area contributed by atoms with Crippen LogP contribution < -0.4 is 0 Å². The highest BCUT2D eigenvalue weighted by molar-refractivity contribution is 4.87. The molecule has 0 aromatic rings. The molecule has 2 rings (SSSR count). The van der Waals surface area contributed by atoms with E-state index in [9.17, 15) is 0 Å². The highest BCUT2D eigenvalue weighted by Crippen LogP contribution is 2.30. The SMILES string of the molecule is CC1CC2CCCN2C1. The minimum atomic E-state index is 0.982. The van der Waals surface area contributed by atoms with Crippen molar-refractivity contribution in [3.63, 3.8) is 0 Å². The molecule has 52 valence electrons. The first-order valence-corrected chi connectivity index (χ1v) is 4.10. The van der Waals surface area contributed by atoms with Gasteiger partial charge in [-0.05, 0) is 31.7 Å². The first-order valence-electron chi connectivity index (χ1n) is 4.10. The number of nitrogens with zero attached hydrogens (tertiary/aromatic N) is 1. The van der Waals surface area contributed by atoms with E-state index in [1.807, 2.05) is 0 Å². The fourth-order valence-corrected chi connectivity index (χ4v) is 2.34. The quantitative estimate of drug-likeness (QED) is 0.474. The molecule has 1 nitrogen and oxygen atoms in total. The monoisotopic (exact) mass is 125 g/mol. The minimum absolute atomic E-state index is 0.982. The lowest BCUT2D eigenvalue weighted by Gasteiger charge is -2.12. The molecule has 2 aliphatic heterocycles. The molecule has 0 radical (unpaired) electrons. The molecule has 0 saturated carbocycles. The Kier molecular flexibility index (Phi) is 1.26. The lowest BCUT2D eigenvalue weighted by atomic mass is 10.1. The van der Waals surface area contributed by atoms with E-state index >= 15 is 0 Å². The zero-order chi connectivity index (χ0) is 6.27. The largest absolute Gasteiger partial charge is 0.300 e. The third kappa shape index (κ3) is 0.877. The van der Waals surface area contributed by atoms with E-state index in [-0.39, 0.29) is 0 Å². The summed E-state index contributed by atoms with van der Waals surface area (Å²) in [5.41, 5.74) is 0. The second kappa shape index (κ2) is 1.98.